The van der Waals surface area contributed by atoms with E-state index in [4.69, 9.17) is 6.58 Å². The molecule has 0 saturated heterocycles. The first kappa shape index (κ1) is 35.0. The van der Waals surface area contributed by atoms with Crippen LogP contribution in [0.15, 0.2) is 158 Å². The third-order valence-electron chi connectivity index (χ3n) is 12.6. The standard InChI is InChI=1S/C53H40N2OPS/c1-5-53-29-13-14-34(2)30-37-21-28-49(55(53)36(37)4)45-31-41(26-27-42(45)35(53)3)57(56,39-15-7-6-8-16-39)40-24-22-38(23-25-40)54-48-19-11-9-17-43(48)46-33-52-47(32-50(46)54)44-18-10-12-20-51(44)58-52/h6-12,15-28,30-33H,3,5,14H2,1-2,4H3/q+1. The molecule has 0 spiro atoms. The molecule has 2 aliphatic heterocycles. The van der Waals surface area contributed by atoms with Crippen molar-refractivity contribution in [3.63, 3.8) is 0 Å². The summed E-state index contributed by atoms with van der Waals surface area (Å²) >= 11 is 1.85. The highest BCUT2D eigenvalue weighted by Crippen LogP contribution is 2.48. The number of fused-ring (bicyclic) bond motifs is 9. The Bertz CT molecular complexity index is 3370. The van der Waals surface area contributed by atoms with Gasteiger partial charge in [0.2, 0.25) is 5.69 Å². The molecule has 2 bridgehead atoms. The predicted octanol–water partition coefficient (Wildman–Crippen LogP) is 12.0. The summed E-state index contributed by atoms with van der Waals surface area (Å²) in [6.45, 7) is 11.3. The van der Waals surface area contributed by atoms with Crippen LogP contribution < -0.4 is 20.5 Å². The van der Waals surface area contributed by atoms with Crippen LogP contribution in [-0.2, 0) is 10.1 Å². The minimum Gasteiger partial charge on any atom is -0.309 e. The van der Waals surface area contributed by atoms with Gasteiger partial charge in [0.15, 0.2) is 12.8 Å². The van der Waals surface area contributed by atoms with Crippen molar-refractivity contribution in [3.05, 3.63) is 175 Å². The van der Waals surface area contributed by atoms with Gasteiger partial charge in [-0.3, -0.25) is 0 Å². The molecule has 278 valence electrons. The molecule has 0 saturated carbocycles. The first-order chi connectivity index (χ1) is 28.3. The van der Waals surface area contributed by atoms with Crippen molar-refractivity contribution in [1.82, 2.24) is 4.57 Å². The molecule has 11 rings (SSSR count). The first-order valence-electron chi connectivity index (χ1n) is 20.0. The number of benzene rings is 6. The van der Waals surface area contributed by atoms with E-state index in [2.05, 4.69) is 163 Å². The number of pyridine rings is 1. The van der Waals surface area contributed by atoms with Crippen molar-refractivity contribution < 1.29 is 9.13 Å². The third kappa shape index (κ3) is 4.88. The van der Waals surface area contributed by atoms with Crippen LogP contribution >= 0.6 is 18.5 Å². The SMILES string of the molecule is C=C1c2ccc(P(=O)(c3ccccc3)c3ccc(-n4c5ccccc5c5cc6sc7ccccc7c6cc54)cc3)cc2-c2ccc3c(C)[n+]2C1(CC)C#CCC(C)=C3. The zero-order valence-corrected chi connectivity index (χ0v) is 34.4. The van der Waals surface area contributed by atoms with Gasteiger partial charge < -0.3 is 9.13 Å². The summed E-state index contributed by atoms with van der Waals surface area (Å²) in [5.41, 5.74) is 10.5. The smallest absolute Gasteiger partial charge is 0.254 e. The average molecular weight is 784 g/mol. The Hall–Kier alpha value is -6.24. The lowest BCUT2D eigenvalue weighted by molar-refractivity contribution is -0.731. The van der Waals surface area contributed by atoms with Gasteiger partial charge in [0.05, 0.1) is 16.6 Å². The molecule has 3 aromatic heterocycles. The Morgan fingerprint density at radius 2 is 1.43 bits per heavy atom. The maximum Gasteiger partial charge on any atom is 0.254 e. The molecule has 5 heterocycles. The van der Waals surface area contributed by atoms with E-state index in [1.807, 2.05) is 41.7 Å². The lowest BCUT2D eigenvalue weighted by atomic mass is 9.77. The molecule has 58 heavy (non-hydrogen) atoms. The van der Waals surface area contributed by atoms with Crippen LogP contribution in [0.3, 0.4) is 0 Å². The number of rotatable bonds is 5. The first-order valence-corrected chi connectivity index (χ1v) is 22.5. The molecule has 0 aliphatic carbocycles. The van der Waals surface area contributed by atoms with Crippen molar-refractivity contribution in [1.29, 1.82) is 0 Å². The molecule has 0 fully saturated rings. The normalized spacial score (nSPS) is 16.9. The number of thiophene rings is 1. The van der Waals surface area contributed by atoms with Gasteiger partial charge in [0.25, 0.3) is 5.54 Å². The fourth-order valence-electron chi connectivity index (χ4n) is 9.69. The average Bonchev–Trinajstić information content (AvgIpc) is 3.80. The predicted molar refractivity (Wildman–Crippen MR) is 247 cm³/mol. The van der Waals surface area contributed by atoms with E-state index < -0.39 is 12.7 Å². The van der Waals surface area contributed by atoms with Crippen LogP contribution in [0, 0.1) is 18.8 Å². The second-order valence-electron chi connectivity index (χ2n) is 15.8. The summed E-state index contributed by atoms with van der Waals surface area (Å²) in [5.74, 6) is 7.21. The fraction of sp³-hybridized carbons (Fsp3) is 0.113. The number of nitrogens with zero attached hydrogens (tertiary/aromatic N) is 2. The van der Waals surface area contributed by atoms with Crippen molar-refractivity contribution in [2.24, 2.45) is 0 Å². The molecule has 3 nitrogen and oxygen atoms in total. The molecule has 2 unspecified atom stereocenters. The van der Waals surface area contributed by atoms with E-state index in [1.165, 1.54) is 42.1 Å². The van der Waals surface area contributed by atoms with Crippen LogP contribution in [0.5, 0.6) is 0 Å². The van der Waals surface area contributed by atoms with Crippen LogP contribution in [-0.4, -0.2) is 4.57 Å². The van der Waals surface area contributed by atoms with E-state index in [9.17, 15) is 0 Å². The highest BCUT2D eigenvalue weighted by atomic mass is 32.1. The molecule has 6 aromatic carbocycles. The van der Waals surface area contributed by atoms with E-state index >= 15 is 4.57 Å². The minimum atomic E-state index is -3.36. The molecule has 9 aromatic rings. The second kappa shape index (κ2) is 12.9. The summed E-state index contributed by atoms with van der Waals surface area (Å²) in [5, 5.41) is 7.40. The van der Waals surface area contributed by atoms with Crippen molar-refractivity contribution in [2.45, 2.75) is 39.2 Å². The van der Waals surface area contributed by atoms with Gasteiger partial charge in [-0.25, -0.2) is 0 Å². The van der Waals surface area contributed by atoms with Crippen LogP contribution in [0.2, 0.25) is 0 Å². The number of hydrogen-bond donors (Lipinski definition) is 0. The van der Waals surface area contributed by atoms with E-state index in [0.717, 1.165) is 73.6 Å². The van der Waals surface area contributed by atoms with Crippen LogP contribution in [0.25, 0.3) is 70.6 Å². The van der Waals surface area contributed by atoms with E-state index in [1.54, 1.807) is 0 Å². The Labute approximate surface area is 342 Å². The third-order valence-corrected chi connectivity index (χ3v) is 16.8. The van der Waals surface area contributed by atoms with Gasteiger partial charge >= 0.3 is 0 Å². The Kier molecular flexibility index (Phi) is 7.77. The number of aromatic nitrogens is 2. The highest BCUT2D eigenvalue weighted by Gasteiger charge is 2.49. The molecule has 2 aliphatic rings. The summed E-state index contributed by atoms with van der Waals surface area (Å²) < 4.78 is 23.5. The zero-order chi connectivity index (χ0) is 39.3. The molecule has 0 N–H and O–H groups in total. The lowest BCUT2D eigenvalue weighted by Gasteiger charge is -2.33. The monoisotopic (exact) mass is 783 g/mol. The van der Waals surface area contributed by atoms with Crippen molar-refractivity contribution in [3.8, 4) is 28.8 Å². The maximum absolute atomic E-state index is 16.2. The topological polar surface area (TPSA) is 25.9 Å². The Morgan fingerprint density at radius 1 is 0.707 bits per heavy atom. The van der Waals surface area contributed by atoms with E-state index in [0.29, 0.717) is 0 Å². The van der Waals surface area contributed by atoms with Crippen LogP contribution in [0.4, 0.5) is 0 Å². The number of allylic oxidation sites excluding steroid dienone is 2. The highest BCUT2D eigenvalue weighted by molar-refractivity contribution is 7.85. The van der Waals surface area contributed by atoms with E-state index in [-0.39, 0.29) is 0 Å². The zero-order valence-electron chi connectivity index (χ0n) is 32.7. The van der Waals surface area contributed by atoms with Gasteiger partial charge in [-0.15, -0.1) is 11.3 Å². The quantitative estimate of drug-likeness (QED) is 0.0970. The maximum atomic E-state index is 16.2. The molecule has 5 heteroatoms. The van der Waals surface area contributed by atoms with Gasteiger partial charge in [0.1, 0.15) is 0 Å². The van der Waals surface area contributed by atoms with Crippen LogP contribution in [0.1, 0.15) is 43.5 Å². The molecular formula is C53H40N2OPS+. The van der Waals surface area contributed by atoms with Gasteiger partial charge in [0, 0.05) is 89.5 Å². The lowest BCUT2D eigenvalue weighted by Crippen LogP contribution is -2.61. The van der Waals surface area contributed by atoms with Crippen molar-refractivity contribution in [2.75, 3.05) is 0 Å². The molecule has 0 amide bonds. The summed E-state index contributed by atoms with van der Waals surface area (Å²) in [6.07, 6.45) is 3.77. The number of hydrogen-bond acceptors (Lipinski definition) is 2. The number of para-hydroxylation sites is 1. The Morgan fingerprint density at radius 3 is 2.24 bits per heavy atom. The van der Waals surface area contributed by atoms with Gasteiger partial charge in [-0.1, -0.05) is 104 Å². The fourth-order valence-corrected chi connectivity index (χ4v) is 13.5. The van der Waals surface area contributed by atoms with Crippen molar-refractivity contribution >= 4 is 88.0 Å². The largest absolute Gasteiger partial charge is 0.309 e. The molecular weight excluding hydrogens is 744 g/mol. The van der Waals surface area contributed by atoms with Gasteiger partial charge in [-0.05, 0) is 85.1 Å². The minimum absolute atomic E-state index is 0.573. The Balaban J connectivity index is 1.10. The molecule has 0 radical (unpaired) electrons. The summed E-state index contributed by atoms with van der Waals surface area (Å²) in [4.78, 5) is 0. The molecule has 2 atom stereocenters. The van der Waals surface area contributed by atoms with Gasteiger partial charge in [-0.2, -0.15) is 4.57 Å². The summed E-state index contributed by atoms with van der Waals surface area (Å²) in [7, 11) is -3.36. The summed E-state index contributed by atoms with van der Waals surface area (Å²) in [6, 6.07) is 51.3. The second-order valence-corrected chi connectivity index (χ2v) is 19.6.